The summed E-state index contributed by atoms with van der Waals surface area (Å²) in [6.07, 6.45) is 0. The number of hydrogen-bond acceptors (Lipinski definition) is 3. The summed E-state index contributed by atoms with van der Waals surface area (Å²) in [6.45, 7) is 0.387. The van der Waals surface area contributed by atoms with Gasteiger partial charge in [-0.25, -0.2) is 4.39 Å². The van der Waals surface area contributed by atoms with E-state index in [0.29, 0.717) is 17.9 Å². The first kappa shape index (κ1) is 13.7. The molecular weight excluding hydrogens is 313 g/mol. The second kappa shape index (κ2) is 5.93. The third-order valence-corrected chi connectivity index (χ3v) is 3.08. The van der Waals surface area contributed by atoms with Crippen LogP contribution in [-0.2, 0) is 6.54 Å². The monoisotopic (exact) mass is 325 g/mol. The zero-order chi connectivity index (χ0) is 13.8. The van der Waals surface area contributed by atoms with Crippen molar-refractivity contribution in [3.8, 4) is 11.5 Å². The van der Waals surface area contributed by atoms with Gasteiger partial charge in [-0.3, -0.25) is 0 Å². The first-order valence-corrected chi connectivity index (χ1v) is 6.43. The number of halogens is 2. The van der Waals surface area contributed by atoms with E-state index in [4.69, 9.17) is 4.74 Å². The summed E-state index contributed by atoms with van der Waals surface area (Å²) < 4.78 is 19.3. The zero-order valence-electron chi connectivity index (χ0n) is 10.3. The Balaban J connectivity index is 2.16. The topological polar surface area (TPSA) is 41.5 Å². The number of hydrogen-bond donors (Lipinski definition) is 2. The van der Waals surface area contributed by atoms with E-state index in [1.165, 1.54) is 12.1 Å². The molecule has 0 saturated heterocycles. The molecule has 0 saturated carbocycles. The minimum Gasteiger partial charge on any atom is -0.508 e. The summed E-state index contributed by atoms with van der Waals surface area (Å²) in [5, 5.41) is 12.5. The second-order valence-electron chi connectivity index (χ2n) is 4.02. The molecule has 0 amide bonds. The van der Waals surface area contributed by atoms with E-state index in [1.54, 1.807) is 7.11 Å². The van der Waals surface area contributed by atoms with Gasteiger partial charge >= 0.3 is 0 Å². The predicted molar refractivity (Wildman–Crippen MR) is 76.1 cm³/mol. The van der Waals surface area contributed by atoms with Crippen LogP contribution in [0.5, 0.6) is 11.5 Å². The Morgan fingerprint density at radius 2 is 2.05 bits per heavy atom. The molecule has 0 aromatic heterocycles. The van der Waals surface area contributed by atoms with Gasteiger partial charge in [-0.15, -0.1) is 0 Å². The van der Waals surface area contributed by atoms with Crippen LogP contribution in [0.25, 0.3) is 0 Å². The SMILES string of the molecule is COc1ccc(Br)cc1NCc1cc(O)cc(F)c1. The maximum absolute atomic E-state index is 13.1. The second-order valence-corrected chi connectivity index (χ2v) is 4.93. The molecule has 0 atom stereocenters. The van der Waals surface area contributed by atoms with Crippen molar-refractivity contribution in [2.45, 2.75) is 6.54 Å². The van der Waals surface area contributed by atoms with Gasteiger partial charge in [-0.2, -0.15) is 0 Å². The Morgan fingerprint density at radius 1 is 1.26 bits per heavy atom. The van der Waals surface area contributed by atoms with Crippen molar-refractivity contribution in [2.24, 2.45) is 0 Å². The number of nitrogens with one attached hydrogen (secondary N) is 1. The quantitative estimate of drug-likeness (QED) is 0.895. The van der Waals surface area contributed by atoms with Gasteiger partial charge in [-0.1, -0.05) is 15.9 Å². The molecule has 0 aliphatic heterocycles. The summed E-state index contributed by atoms with van der Waals surface area (Å²) in [5.74, 6) is 0.153. The number of aromatic hydroxyl groups is 1. The summed E-state index contributed by atoms with van der Waals surface area (Å²) >= 11 is 3.38. The summed E-state index contributed by atoms with van der Waals surface area (Å²) in [7, 11) is 1.59. The van der Waals surface area contributed by atoms with Crippen LogP contribution in [-0.4, -0.2) is 12.2 Å². The molecule has 0 spiro atoms. The largest absolute Gasteiger partial charge is 0.508 e. The Kier molecular flexibility index (Phi) is 4.27. The van der Waals surface area contributed by atoms with E-state index in [0.717, 1.165) is 16.2 Å². The Hall–Kier alpha value is -1.75. The molecular formula is C14H13BrFNO2. The molecule has 0 aliphatic carbocycles. The average molecular weight is 326 g/mol. The minimum atomic E-state index is -0.460. The van der Waals surface area contributed by atoms with Crippen molar-refractivity contribution in [2.75, 3.05) is 12.4 Å². The lowest BCUT2D eigenvalue weighted by molar-refractivity contribution is 0.416. The molecule has 2 rings (SSSR count). The Labute approximate surface area is 119 Å². The van der Waals surface area contributed by atoms with Crippen molar-refractivity contribution in [1.29, 1.82) is 0 Å². The summed E-state index contributed by atoms with van der Waals surface area (Å²) in [5.41, 5.74) is 1.44. The number of anilines is 1. The zero-order valence-corrected chi connectivity index (χ0v) is 11.9. The van der Waals surface area contributed by atoms with E-state index in [9.17, 15) is 9.50 Å². The average Bonchev–Trinajstić information content (AvgIpc) is 2.35. The van der Waals surface area contributed by atoms with Crippen LogP contribution in [0.15, 0.2) is 40.9 Å². The third-order valence-electron chi connectivity index (χ3n) is 2.59. The number of phenols is 1. The van der Waals surface area contributed by atoms with Gasteiger partial charge in [0.05, 0.1) is 12.8 Å². The molecule has 2 aromatic rings. The fourth-order valence-electron chi connectivity index (χ4n) is 1.75. The molecule has 5 heteroatoms. The highest BCUT2D eigenvalue weighted by molar-refractivity contribution is 9.10. The molecule has 0 heterocycles. The van der Waals surface area contributed by atoms with Crippen molar-refractivity contribution >= 4 is 21.6 Å². The number of benzene rings is 2. The van der Waals surface area contributed by atoms with Crippen LogP contribution >= 0.6 is 15.9 Å². The Bertz CT molecular complexity index is 569. The third kappa shape index (κ3) is 3.61. The maximum atomic E-state index is 13.1. The van der Waals surface area contributed by atoms with Crippen LogP contribution in [0.3, 0.4) is 0 Å². The van der Waals surface area contributed by atoms with Gasteiger partial charge < -0.3 is 15.2 Å². The molecule has 19 heavy (non-hydrogen) atoms. The van der Waals surface area contributed by atoms with Crippen LogP contribution in [0.4, 0.5) is 10.1 Å². The molecule has 2 aromatic carbocycles. The highest BCUT2D eigenvalue weighted by Crippen LogP contribution is 2.28. The molecule has 100 valence electrons. The van der Waals surface area contributed by atoms with Crippen molar-refractivity contribution in [3.05, 3.63) is 52.3 Å². The highest BCUT2D eigenvalue weighted by atomic mass is 79.9. The molecule has 0 unspecified atom stereocenters. The van der Waals surface area contributed by atoms with E-state index >= 15 is 0 Å². The molecule has 2 N–H and O–H groups in total. The van der Waals surface area contributed by atoms with E-state index in [-0.39, 0.29) is 5.75 Å². The molecule has 0 radical (unpaired) electrons. The highest BCUT2D eigenvalue weighted by Gasteiger charge is 2.05. The van der Waals surface area contributed by atoms with Crippen LogP contribution < -0.4 is 10.1 Å². The van der Waals surface area contributed by atoms with Crippen LogP contribution in [0, 0.1) is 5.82 Å². The lowest BCUT2D eigenvalue weighted by atomic mass is 10.2. The lowest BCUT2D eigenvalue weighted by Gasteiger charge is -2.12. The number of methoxy groups -OCH3 is 1. The van der Waals surface area contributed by atoms with Gasteiger partial charge in [0.1, 0.15) is 17.3 Å². The molecule has 3 nitrogen and oxygen atoms in total. The Morgan fingerprint density at radius 3 is 2.74 bits per heavy atom. The van der Waals surface area contributed by atoms with E-state index in [1.807, 2.05) is 18.2 Å². The van der Waals surface area contributed by atoms with Crippen molar-refractivity contribution < 1.29 is 14.2 Å². The fraction of sp³-hybridized carbons (Fsp3) is 0.143. The first-order chi connectivity index (χ1) is 9.08. The van der Waals surface area contributed by atoms with Crippen molar-refractivity contribution in [3.63, 3.8) is 0 Å². The maximum Gasteiger partial charge on any atom is 0.142 e. The van der Waals surface area contributed by atoms with Crippen molar-refractivity contribution in [1.82, 2.24) is 0 Å². The number of ether oxygens (including phenoxy) is 1. The first-order valence-electron chi connectivity index (χ1n) is 5.64. The summed E-state index contributed by atoms with van der Waals surface area (Å²) in [4.78, 5) is 0. The number of phenolic OH excluding ortho intramolecular Hbond substituents is 1. The molecule has 0 aliphatic rings. The minimum absolute atomic E-state index is 0.0852. The van der Waals surface area contributed by atoms with Gasteiger partial charge in [-0.05, 0) is 35.9 Å². The van der Waals surface area contributed by atoms with Gasteiger partial charge in [0, 0.05) is 17.1 Å². The van der Waals surface area contributed by atoms with Gasteiger partial charge in [0.25, 0.3) is 0 Å². The van der Waals surface area contributed by atoms with Crippen LogP contribution in [0.1, 0.15) is 5.56 Å². The lowest BCUT2D eigenvalue weighted by Crippen LogP contribution is -2.01. The smallest absolute Gasteiger partial charge is 0.142 e. The number of rotatable bonds is 4. The molecule has 0 bridgehead atoms. The predicted octanol–water partition coefficient (Wildman–Crippen LogP) is 3.91. The van der Waals surface area contributed by atoms with E-state index < -0.39 is 5.82 Å². The molecule has 0 fully saturated rings. The van der Waals surface area contributed by atoms with Crippen LogP contribution in [0.2, 0.25) is 0 Å². The standard InChI is InChI=1S/C14H13BrFNO2/c1-19-14-3-2-10(15)6-13(14)17-8-9-4-11(16)7-12(18)5-9/h2-7,17-18H,8H2,1H3. The van der Waals surface area contributed by atoms with Gasteiger partial charge in [0.15, 0.2) is 0 Å². The fourth-order valence-corrected chi connectivity index (χ4v) is 2.11. The van der Waals surface area contributed by atoms with E-state index in [2.05, 4.69) is 21.2 Å². The van der Waals surface area contributed by atoms with Gasteiger partial charge in [0.2, 0.25) is 0 Å². The normalized spacial score (nSPS) is 10.3. The summed E-state index contributed by atoms with van der Waals surface area (Å²) in [6, 6.07) is 9.53.